The summed E-state index contributed by atoms with van der Waals surface area (Å²) < 4.78 is 13.5. The van der Waals surface area contributed by atoms with E-state index in [1.54, 1.807) is 16.7 Å². The van der Waals surface area contributed by atoms with Crippen molar-refractivity contribution in [2.75, 3.05) is 13.2 Å². The number of hydrogen-bond donors (Lipinski definition) is 1. The number of carbonyl (C=O) groups excluding carboxylic acids is 1. The Balaban J connectivity index is 2.05. The Hall–Kier alpha value is -2.80. The summed E-state index contributed by atoms with van der Waals surface area (Å²) in [5, 5.41) is 9.71. The summed E-state index contributed by atoms with van der Waals surface area (Å²) in [6.45, 7) is 6.17. The molecule has 0 bridgehead atoms. The molecule has 30 heavy (non-hydrogen) atoms. The Morgan fingerprint density at radius 1 is 1.33 bits per heavy atom. The first-order chi connectivity index (χ1) is 14.2. The number of aromatic nitrogens is 1. The third kappa shape index (κ3) is 4.51. The van der Waals surface area contributed by atoms with Crippen LogP contribution in [0.25, 0.3) is 11.3 Å². The predicted molar refractivity (Wildman–Crippen MR) is 113 cm³/mol. The van der Waals surface area contributed by atoms with Crippen LogP contribution in [-0.2, 0) is 4.79 Å². The first-order valence-corrected chi connectivity index (χ1v) is 10.1. The molecule has 2 aromatic rings. The van der Waals surface area contributed by atoms with Crippen molar-refractivity contribution >= 4 is 23.4 Å². The number of benzene rings is 1. The van der Waals surface area contributed by atoms with E-state index in [1.807, 2.05) is 13.8 Å². The van der Waals surface area contributed by atoms with Gasteiger partial charge in [0.25, 0.3) is 0 Å². The van der Waals surface area contributed by atoms with Crippen LogP contribution in [-0.4, -0.2) is 34.6 Å². The molecule has 1 N–H and O–H groups in total. The van der Waals surface area contributed by atoms with Crippen molar-refractivity contribution in [1.82, 2.24) is 4.57 Å². The van der Waals surface area contributed by atoms with Crippen LogP contribution >= 0.6 is 11.6 Å². The number of nitrogens with zero attached hydrogens (tertiary/aromatic N) is 1. The van der Waals surface area contributed by atoms with E-state index >= 15 is 0 Å². The molecule has 1 atom stereocenters. The lowest BCUT2D eigenvalue weighted by molar-refractivity contribution is -0.117. The molecular weight excluding hydrogens is 410 g/mol. The summed E-state index contributed by atoms with van der Waals surface area (Å²) in [4.78, 5) is 35.0. The number of ether oxygens (including phenoxy) is 2. The molecule has 160 valence electrons. The Bertz CT molecular complexity index is 1040. The van der Waals surface area contributed by atoms with Crippen LogP contribution in [0, 0.1) is 5.92 Å². The van der Waals surface area contributed by atoms with Gasteiger partial charge in [-0.3, -0.25) is 4.79 Å². The van der Waals surface area contributed by atoms with Gasteiger partial charge < -0.3 is 23.9 Å². The number of halogens is 1. The van der Waals surface area contributed by atoms with Gasteiger partial charge in [0, 0.05) is 30.3 Å². The normalized spacial score (nSPS) is 15.0. The lowest BCUT2D eigenvalue weighted by Crippen LogP contribution is -2.25. The molecule has 8 heteroatoms. The second-order valence-corrected chi connectivity index (χ2v) is 8.11. The summed E-state index contributed by atoms with van der Waals surface area (Å²) in [6.07, 6.45) is 2.38. The molecule has 0 spiro atoms. The van der Waals surface area contributed by atoms with Crippen LogP contribution in [0.3, 0.4) is 0 Å². The number of ketones is 1. The van der Waals surface area contributed by atoms with Gasteiger partial charge in [-0.05, 0) is 25.3 Å². The number of hydrogen-bond acceptors (Lipinski definition) is 5. The van der Waals surface area contributed by atoms with Crippen molar-refractivity contribution in [3.8, 4) is 22.8 Å². The van der Waals surface area contributed by atoms with E-state index in [9.17, 15) is 19.5 Å². The van der Waals surface area contributed by atoms with Crippen molar-refractivity contribution in [3.63, 3.8) is 0 Å². The number of fused-ring (bicyclic) bond motifs is 3. The molecule has 7 nitrogen and oxygen atoms in total. The second-order valence-electron chi connectivity index (χ2n) is 7.70. The van der Waals surface area contributed by atoms with Crippen LogP contribution in [0.15, 0.2) is 29.2 Å². The van der Waals surface area contributed by atoms with Crippen molar-refractivity contribution in [1.29, 1.82) is 0 Å². The van der Waals surface area contributed by atoms with E-state index in [-0.39, 0.29) is 23.3 Å². The number of Topliss-reactive ketones (excluding diaryl/α,β-unsaturated/α-hetero) is 1. The molecule has 0 aliphatic carbocycles. The zero-order chi connectivity index (χ0) is 22.0. The van der Waals surface area contributed by atoms with Gasteiger partial charge in [0.1, 0.15) is 29.5 Å². The number of aromatic carboxylic acids is 1. The fraction of sp³-hybridized carbons (Fsp3) is 0.409. The Morgan fingerprint density at radius 2 is 2.07 bits per heavy atom. The van der Waals surface area contributed by atoms with Crippen molar-refractivity contribution in [2.45, 2.75) is 39.7 Å². The molecule has 1 aliphatic rings. The zero-order valence-corrected chi connectivity index (χ0v) is 17.9. The molecule has 0 radical (unpaired) electrons. The largest absolute Gasteiger partial charge is 0.492 e. The molecule has 1 aliphatic heterocycles. The standard InChI is InChI=1S/C22H24ClNO6/c1-12(2)18-11-30-20-9-21(29-6-4-5-13(3)25)16(23)7-14(20)17-8-19(26)15(22(27)28)10-24(17)18/h7-10,12,18H,4-6,11H2,1-3H3,(H,27,28)/t18-/m0/s1. The minimum atomic E-state index is -1.27. The average molecular weight is 434 g/mol. The summed E-state index contributed by atoms with van der Waals surface area (Å²) in [7, 11) is 0. The maximum Gasteiger partial charge on any atom is 0.341 e. The zero-order valence-electron chi connectivity index (χ0n) is 17.1. The van der Waals surface area contributed by atoms with E-state index in [0.717, 1.165) is 0 Å². The summed E-state index contributed by atoms with van der Waals surface area (Å²) in [5.41, 5.74) is 0.267. The number of carboxylic acids is 1. The Kier molecular flexibility index (Phi) is 6.51. The Morgan fingerprint density at radius 3 is 2.70 bits per heavy atom. The van der Waals surface area contributed by atoms with Gasteiger partial charge in [-0.25, -0.2) is 4.79 Å². The van der Waals surface area contributed by atoms with Gasteiger partial charge in [0.15, 0.2) is 5.43 Å². The number of rotatable bonds is 7. The highest BCUT2D eigenvalue weighted by atomic mass is 35.5. The molecule has 0 unspecified atom stereocenters. The van der Waals surface area contributed by atoms with Gasteiger partial charge in [0.2, 0.25) is 0 Å². The van der Waals surface area contributed by atoms with Crippen LogP contribution in [0.4, 0.5) is 0 Å². The molecule has 0 fully saturated rings. The maximum atomic E-state index is 12.4. The van der Waals surface area contributed by atoms with Crippen LogP contribution < -0.4 is 14.9 Å². The molecule has 1 aromatic heterocycles. The molecule has 2 heterocycles. The monoisotopic (exact) mass is 433 g/mol. The summed E-state index contributed by atoms with van der Waals surface area (Å²) in [5.74, 6) is -0.119. The van der Waals surface area contributed by atoms with Gasteiger partial charge in [-0.2, -0.15) is 0 Å². The van der Waals surface area contributed by atoms with Gasteiger partial charge in [0.05, 0.1) is 23.4 Å². The van der Waals surface area contributed by atoms with Crippen molar-refractivity contribution in [2.24, 2.45) is 5.92 Å². The highest BCUT2D eigenvalue weighted by molar-refractivity contribution is 6.32. The van der Waals surface area contributed by atoms with E-state index in [2.05, 4.69) is 0 Å². The smallest absolute Gasteiger partial charge is 0.341 e. The minimum absolute atomic E-state index is 0.0949. The van der Waals surface area contributed by atoms with E-state index in [1.165, 1.54) is 19.2 Å². The van der Waals surface area contributed by atoms with Crippen LogP contribution in [0.2, 0.25) is 5.02 Å². The topological polar surface area (TPSA) is 94.8 Å². The first kappa shape index (κ1) is 21.9. The molecule has 1 aromatic carbocycles. The first-order valence-electron chi connectivity index (χ1n) is 9.77. The molecule has 3 rings (SSSR count). The van der Waals surface area contributed by atoms with Gasteiger partial charge >= 0.3 is 5.97 Å². The summed E-state index contributed by atoms with van der Waals surface area (Å²) in [6, 6.07) is 4.47. The SMILES string of the molecule is CC(=O)CCCOc1cc2c(cc1Cl)-c1cc(=O)c(C(=O)O)cn1[C@H](C(C)C)CO2. The number of carbonyl (C=O) groups is 2. The quantitative estimate of drug-likeness (QED) is 0.657. The fourth-order valence-electron chi connectivity index (χ4n) is 3.44. The minimum Gasteiger partial charge on any atom is -0.492 e. The molecule has 0 saturated carbocycles. The Labute approximate surface area is 179 Å². The lowest BCUT2D eigenvalue weighted by atomic mass is 10.0. The van der Waals surface area contributed by atoms with Crippen molar-refractivity contribution in [3.05, 3.63) is 45.2 Å². The maximum absolute atomic E-state index is 12.4. The number of carboxylic acid groups (broad SMARTS) is 1. The van der Waals surface area contributed by atoms with E-state index in [4.69, 9.17) is 21.1 Å². The van der Waals surface area contributed by atoms with E-state index in [0.29, 0.717) is 53.8 Å². The highest BCUT2D eigenvalue weighted by Crippen LogP contribution is 2.42. The summed E-state index contributed by atoms with van der Waals surface area (Å²) >= 11 is 6.41. The highest BCUT2D eigenvalue weighted by Gasteiger charge is 2.27. The molecular formula is C22H24ClNO6. The van der Waals surface area contributed by atoms with Crippen molar-refractivity contribution < 1.29 is 24.2 Å². The van der Waals surface area contributed by atoms with Gasteiger partial charge in [-0.1, -0.05) is 25.4 Å². The van der Waals surface area contributed by atoms with Crippen LogP contribution in [0.1, 0.15) is 50.0 Å². The molecule has 0 saturated heterocycles. The second kappa shape index (κ2) is 8.92. The fourth-order valence-corrected chi connectivity index (χ4v) is 3.66. The third-order valence-corrected chi connectivity index (χ3v) is 5.38. The predicted octanol–water partition coefficient (Wildman–Crippen LogP) is 4.20. The molecule has 0 amide bonds. The lowest BCUT2D eigenvalue weighted by Gasteiger charge is -2.24. The number of pyridine rings is 1. The van der Waals surface area contributed by atoms with Gasteiger partial charge in [-0.15, -0.1) is 0 Å². The van der Waals surface area contributed by atoms with Crippen LogP contribution in [0.5, 0.6) is 11.5 Å². The third-order valence-electron chi connectivity index (χ3n) is 5.09. The van der Waals surface area contributed by atoms with E-state index < -0.39 is 11.4 Å². The average Bonchev–Trinajstić information content (AvgIpc) is 2.81.